The molecule has 1 atom stereocenters. The molecule has 0 fully saturated rings. The van der Waals surface area contributed by atoms with Gasteiger partial charge in [-0.1, -0.05) is 6.92 Å². The van der Waals surface area contributed by atoms with Crippen LogP contribution in [-0.4, -0.2) is 24.2 Å². The highest BCUT2D eigenvalue weighted by Crippen LogP contribution is 2.02. The Morgan fingerprint density at radius 1 is 1.75 bits per heavy atom. The maximum Gasteiger partial charge on any atom is 0.121 e. The number of thioether (sulfide) groups is 1. The zero-order chi connectivity index (χ0) is 6.41. The highest BCUT2D eigenvalue weighted by Gasteiger charge is 2.00. The van der Waals surface area contributed by atoms with Crippen LogP contribution in [0.2, 0.25) is 0 Å². The second kappa shape index (κ2) is 5.38. The van der Waals surface area contributed by atoms with E-state index < -0.39 is 6.17 Å². The summed E-state index contributed by atoms with van der Waals surface area (Å²) in [6.45, 7) is 2.17. The summed E-state index contributed by atoms with van der Waals surface area (Å²) >= 11 is 1.59. The summed E-state index contributed by atoms with van der Waals surface area (Å²) in [6, 6.07) is 0. The lowest BCUT2D eigenvalue weighted by Crippen LogP contribution is -2.17. The van der Waals surface area contributed by atoms with Crippen molar-refractivity contribution in [2.24, 2.45) is 5.73 Å². The molecule has 0 bridgehead atoms. The van der Waals surface area contributed by atoms with Crippen LogP contribution < -0.4 is 5.73 Å². The van der Waals surface area contributed by atoms with E-state index in [2.05, 4.69) is 0 Å². The van der Waals surface area contributed by atoms with E-state index in [0.717, 1.165) is 5.75 Å². The van der Waals surface area contributed by atoms with Crippen LogP contribution in [0.15, 0.2) is 0 Å². The van der Waals surface area contributed by atoms with Crippen LogP contribution in [0.5, 0.6) is 0 Å². The van der Waals surface area contributed by atoms with Crippen molar-refractivity contribution in [3.8, 4) is 0 Å². The zero-order valence-corrected chi connectivity index (χ0v) is 5.88. The Hall–Kier alpha value is 0.240. The second-order valence-corrected chi connectivity index (χ2v) is 2.81. The van der Waals surface area contributed by atoms with Gasteiger partial charge in [0.15, 0.2) is 0 Å². The number of nitrogens with two attached hydrogens (primary N) is 1. The van der Waals surface area contributed by atoms with Crippen molar-refractivity contribution in [1.29, 1.82) is 0 Å². The standard InChI is InChI=1S/C5H12FNS/c1-2-8-4-5(6)3-7/h5H,2-4,7H2,1H3. The molecule has 0 saturated heterocycles. The zero-order valence-electron chi connectivity index (χ0n) is 5.06. The number of hydrogen-bond acceptors (Lipinski definition) is 2. The van der Waals surface area contributed by atoms with Crippen molar-refractivity contribution in [3.05, 3.63) is 0 Å². The van der Waals surface area contributed by atoms with E-state index in [-0.39, 0.29) is 6.54 Å². The predicted octanol–water partition coefficient (Wildman–Crippen LogP) is 1.04. The largest absolute Gasteiger partial charge is 0.328 e. The topological polar surface area (TPSA) is 26.0 Å². The van der Waals surface area contributed by atoms with E-state index in [4.69, 9.17) is 5.73 Å². The van der Waals surface area contributed by atoms with Crippen LogP contribution in [0.1, 0.15) is 6.92 Å². The van der Waals surface area contributed by atoms with Gasteiger partial charge in [-0.25, -0.2) is 4.39 Å². The first kappa shape index (κ1) is 8.24. The Bertz CT molecular complexity index is 51.7. The van der Waals surface area contributed by atoms with Crippen molar-refractivity contribution in [3.63, 3.8) is 0 Å². The molecule has 0 rings (SSSR count). The predicted molar refractivity (Wildman–Crippen MR) is 36.9 cm³/mol. The molecule has 50 valence electrons. The monoisotopic (exact) mass is 137 g/mol. The molecule has 0 aliphatic heterocycles. The van der Waals surface area contributed by atoms with Crippen molar-refractivity contribution >= 4 is 11.8 Å². The lowest BCUT2D eigenvalue weighted by molar-refractivity contribution is 0.376. The summed E-state index contributed by atoms with van der Waals surface area (Å²) in [4.78, 5) is 0. The van der Waals surface area contributed by atoms with Crippen molar-refractivity contribution in [1.82, 2.24) is 0 Å². The summed E-state index contributed by atoms with van der Waals surface area (Å²) in [7, 11) is 0. The van der Waals surface area contributed by atoms with Gasteiger partial charge in [-0.3, -0.25) is 0 Å². The summed E-state index contributed by atoms with van der Waals surface area (Å²) in [5, 5.41) is 0. The molecule has 0 aromatic carbocycles. The minimum atomic E-state index is -0.806. The van der Waals surface area contributed by atoms with Gasteiger partial charge in [0, 0.05) is 12.3 Å². The van der Waals surface area contributed by atoms with E-state index in [1.54, 1.807) is 11.8 Å². The fraction of sp³-hybridized carbons (Fsp3) is 1.00. The molecule has 3 heteroatoms. The first-order chi connectivity index (χ1) is 3.81. The highest BCUT2D eigenvalue weighted by molar-refractivity contribution is 7.99. The summed E-state index contributed by atoms with van der Waals surface area (Å²) < 4.78 is 12.2. The Morgan fingerprint density at radius 2 is 2.38 bits per heavy atom. The Balaban J connectivity index is 2.86. The van der Waals surface area contributed by atoms with Crippen molar-refractivity contribution < 1.29 is 4.39 Å². The molecule has 0 aromatic heterocycles. The smallest absolute Gasteiger partial charge is 0.121 e. The van der Waals surface area contributed by atoms with E-state index in [1.807, 2.05) is 6.92 Å². The lowest BCUT2D eigenvalue weighted by Gasteiger charge is -2.00. The van der Waals surface area contributed by atoms with Gasteiger partial charge in [0.2, 0.25) is 0 Å². The third-order valence-corrected chi connectivity index (χ3v) is 1.76. The highest BCUT2D eigenvalue weighted by atomic mass is 32.2. The average Bonchev–Trinajstić information content (AvgIpc) is 1.83. The number of alkyl halides is 1. The van der Waals surface area contributed by atoms with E-state index >= 15 is 0 Å². The SMILES string of the molecule is CCSCC(F)CN. The molecule has 0 saturated carbocycles. The third-order valence-electron chi connectivity index (χ3n) is 0.759. The number of hydrogen-bond donors (Lipinski definition) is 1. The van der Waals surface area contributed by atoms with Crippen LogP contribution in [0.3, 0.4) is 0 Å². The van der Waals surface area contributed by atoms with Gasteiger partial charge in [-0.05, 0) is 5.75 Å². The molecular formula is C5H12FNS. The average molecular weight is 137 g/mol. The minimum absolute atomic E-state index is 0.160. The summed E-state index contributed by atoms with van der Waals surface area (Å²) in [6.07, 6.45) is -0.806. The molecule has 0 aromatic rings. The molecule has 0 radical (unpaired) electrons. The second-order valence-electron chi connectivity index (χ2n) is 1.49. The normalized spacial score (nSPS) is 13.9. The molecule has 0 aliphatic carbocycles. The molecule has 0 spiro atoms. The van der Waals surface area contributed by atoms with Crippen LogP contribution in [0.25, 0.3) is 0 Å². The van der Waals surface area contributed by atoms with Gasteiger partial charge in [0.1, 0.15) is 6.17 Å². The fourth-order valence-electron chi connectivity index (χ4n) is 0.314. The van der Waals surface area contributed by atoms with Gasteiger partial charge in [0.25, 0.3) is 0 Å². The first-order valence-corrected chi connectivity index (χ1v) is 3.88. The van der Waals surface area contributed by atoms with Crippen molar-refractivity contribution in [2.75, 3.05) is 18.1 Å². The summed E-state index contributed by atoms with van der Waals surface area (Å²) in [5.74, 6) is 1.52. The fourth-order valence-corrected chi connectivity index (χ4v) is 0.941. The van der Waals surface area contributed by atoms with E-state index in [9.17, 15) is 4.39 Å². The maximum atomic E-state index is 12.2. The van der Waals surface area contributed by atoms with Gasteiger partial charge >= 0.3 is 0 Å². The van der Waals surface area contributed by atoms with Gasteiger partial charge in [0.05, 0.1) is 0 Å². The molecular weight excluding hydrogens is 125 g/mol. The van der Waals surface area contributed by atoms with Crippen LogP contribution in [0.4, 0.5) is 4.39 Å². The number of halogens is 1. The maximum absolute atomic E-state index is 12.2. The molecule has 0 aliphatic rings. The van der Waals surface area contributed by atoms with E-state index in [0.29, 0.717) is 5.75 Å². The Kier molecular flexibility index (Phi) is 5.54. The van der Waals surface area contributed by atoms with Crippen LogP contribution in [0, 0.1) is 0 Å². The third kappa shape index (κ3) is 4.40. The molecule has 0 heterocycles. The minimum Gasteiger partial charge on any atom is -0.328 e. The molecule has 1 nitrogen and oxygen atoms in total. The Morgan fingerprint density at radius 3 is 2.75 bits per heavy atom. The molecule has 2 N–H and O–H groups in total. The summed E-state index contributed by atoms with van der Waals surface area (Å²) in [5.41, 5.74) is 5.02. The quantitative estimate of drug-likeness (QED) is 0.626. The van der Waals surface area contributed by atoms with Crippen LogP contribution in [-0.2, 0) is 0 Å². The molecule has 1 unspecified atom stereocenters. The first-order valence-electron chi connectivity index (χ1n) is 2.73. The van der Waals surface area contributed by atoms with Crippen molar-refractivity contribution in [2.45, 2.75) is 13.1 Å². The van der Waals surface area contributed by atoms with E-state index in [1.165, 1.54) is 0 Å². The number of rotatable bonds is 4. The lowest BCUT2D eigenvalue weighted by atomic mass is 10.5. The Labute approximate surface area is 53.8 Å². The van der Waals surface area contributed by atoms with Crippen LogP contribution >= 0.6 is 11.8 Å². The van der Waals surface area contributed by atoms with Gasteiger partial charge < -0.3 is 5.73 Å². The van der Waals surface area contributed by atoms with Gasteiger partial charge in [-0.2, -0.15) is 11.8 Å². The molecule has 0 amide bonds. The molecule has 8 heavy (non-hydrogen) atoms. The van der Waals surface area contributed by atoms with Gasteiger partial charge in [-0.15, -0.1) is 0 Å².